The first-order chi connectivity index (χ1) is 9.31. The van der Waals surface area contributed by atoms with Gasteiger partial charge in [0, 0.05) is 12.0 Å². The third kappa shape index (κ3) is 14.6. The van der Waals surface area contributed by atoms with Crippen molar-refractivity contribution in [3.63, 3.8) is 0 Å². The zero-order chi connectivity index (χ0) is 16.0. The van der Waals surface area contributed by atoms with E-state index in [-0.39, 0.29) is 24.7 Å². The highest BCUT2D eigenvalue weighted by Gasteiger charge is 2.24. The number of amides is 2. The second kappa shape index (κ2) is 12.5. The van der Waals surface area contributed by atoms with Gasteiger partial charge in [0.1, 0.15) is 12.7 Å². The summed E-state index contributed by atoms with van der Waals surface area (Å²) in [6.07, 6.45) is 1.86. The summed E-state index contributed by atoms with van der Waals surface area (Å²) in [4.78, 5) is 19.9. The smallest absolute Gasteiger partial charge is 0.407 e. The van der Waals surface area contributed by atoms with E-state index in [9.17, 15) is 9.90 Å². The lowest BCUT2D eigenvalue weighted by molar-refractivity contribution is -0.245. The Kier molecular flexibility index (Phi) is 13.0. The molecule has 0 rings (SSSR count). The third-order valence-corrected chi connectivity index (χ3v) is 2.59. The number of carboxylic acid groups (broad SMARTS) is 1. The van der Waals surface area contributed by atoms with Crippen LogP contribution in [0.1, 0.15) is 46.5 Å². The number of hydrogen-bond acceptors (Lipinski definition) is 5. The van der Waals surface area contributed by atoms with Crippen LogP contribution in [0.4, 0.5) is 9.59 Å². The molecule has 120 valence electrons. The van der Waals surface area contributed by atoms with Gasteiger partial charge in [-0.2, -0.15) is 0 Å². The SMILES string of the molecule is CCCCNC(=O)OCC(C)(CO)CCC.NC(=O)[O-]. The predicted molar refractivity (Wildman–Crippen MR) is 73.9 cm³/mol. The van der Waals surface area contributed by atoms with E-state index in [0.29, 0.717) is 6.54 Å². The number of rotatable bonds is 8. The van der Waals surface area contributed by atoms with Gasteiger partial charge in [0.05, 0.1) is 6.61 Å². The molecular weight excluding hydrogens is 264 g/mol. The van der Waals surface area contributed by atoms with E-state index in [1.807, 2.05) is 6.92 Å². The first kappa shape index (κ1) is 20.8. The van der Waals surface area contributed by atoms with Crippen LogP contribution >= 0.6 is 0 Å². The highest BCUT2D eigenvalue weighted by Crippen LogP contribution is 2.22. The molecule has 7 nitrogen and oxygen atoms in total. The fraction of sp³-hybridized carbons (Fsp3) is 0.846. The fourth-order valence-electron chi connectivity index (χ4n) is 1.46. The number of alkyl carbamates (subject to hydrolysis) is 1. The zero-order valence-electron chi connectivity index (χ0n) is 12.6. The van der Waals surface area contributed by atoms with Crippen molar-refractivity contribution in [1.29, 1.82) is 0 Å². The molecule has 0 bridgehead atoms. The van der Waals surface area contributed by atoms with Crippen LogP contribution in [0.15, 0.2) is 0 Å². The Balaban J connectivity index is 0. The van der Waals surface area contributed by atoms with Gasteiger partial charge in [-0.1, -0.05) is 33.6 Å². The summed E-state index contributed by atoms with van der Waals surface area (Å²) in [6.45, 7) is 7.01. The lowest BCUT2D eigenvalue weighted by Gasteiger charge is -2.26. The van der Waals surface area contributed by atoms with Crippen LogP contribution in [0.25, 0.3) is 0 Å². The third-order valence-electron chi connectivity index (χ3n) is 2.59. The molecule has 0 radical (unpaired) electrons. The van der Waals surface area contributed by atoms with Crippen LogP contribution in [0.5, 0.6) is 0 Å². The number of aliphatic hydroxyl groups excluding tert-OH is 1. The summed E-state index contributed by atoms with van der Waals surface area (Å²) in [5.74, 6) is 0. The van der Waals surface area contributed by atoms with Gasteiger partial charge < -0.3 is 30.8 Å². The van der Waals surface area contributed by atoms with E-state index >= 15 is 0 Å². The van der Waals surface area contributed by atoms with Gasteiger partial charge in [0.2, 0.25) is 0 Å². The lowest BCUT2D eigenvalue weighted by atomic mass is 9.88. The number of primary amides is 1. The van der Waals surface area contributed by atoms with Crippen LogP contribution in [-0.2, 0) is 4.74 Å². The Hall–Kier alpha value is -1.50. The van der Waals surface area contributed by atoms with Crippen LogP contribution < -0.4 is 16.2 Å². The highest BCUT2D eigenvalue weighted by molar-refractivity contribution is 5.67. The molecule has 0 heterocycles. The maximum absolute atomic E-state index is 11.3. The van der Waals surface area contributed by atoms with Gasteiger partial charge in [-0.15, -0.1) is 0 Å². The Morgan fingerprint density at radius 2 is 1.90 bits per heavy atom. The van der Waals surface area contributed by atoms with Gasteiger partial charge in [0.15, 0.2) is 0 Å². The molecule has 2 amide bonds. The average molecular weight is 291 g/mol. The molecule has 0 aliphatic heterocycles. The van der Waals surface area contributed by atoms with Crippen molar-refractivity contribution >= 4 is 12.2 Å². The van der Waals surface area contributed by atoms with E-state index in [4.69, 9.17) is 14.6 Å². The summed E-state index contributed by atoms with van der Waals surface area (Å²) < 4.78 is 5.09. The number of hydrogen-bond donors (Lipinski definition) is 3. The summed E-state index contributed by atoms with van der Waals surface area (Å²) in [5, 5.41) is 20.6. The predicted octanol–water partition coefficient (Wildman–Crippen LogP) is 0.600. The molecule has 0 saturated carbocycles. The second-order valence-electron chi connectivity index (χ2n) is 4.89. The van der Waals surface area contributed by atoms with Crippen molar-refractivity contribution in [3.05, 3.63) is 0 Å². The largest absolute Gasteiger partial charge is 0.530 e. The molecule has 1 unspecified atom stereocenters. The number of carbonyl (C=O) groups excluding carboxylic acids is 2. The molecule has 0 fully saturated rings. The van der Waals surface area contributed by atoms with E-state index in [1.165, 1.54) is 0 Å². The van der Waals surface area contributed by atoms with Crippen LogP contribution in [0.2, 0.25) is 0 Å². The fourth-order valence-corrected chi connectivity index (χ4v) is 1.46. The molecule has 0 saturated heterocycles. The normalized spacial score (nSPS) is 12.6. The first-order valence-corrected chi connectivity index (χ1v) is 6.79. The van der Waals surface area contributed by atoms with Crippen molar-refractivity contribution < 1.29 is 24.5 Å². The van der Waals surface area contributed by atoms with Gasteiger partial charge in [-0.25, -0.2) is 4.79 Å². The topological polar surface area (TPSA) is 125 Å². The minimum atomic E-state index is -1.58. The molecule has 0 aromatic carbocycles. The Labute approximate surface area is 120 Å². The first-order valence-electron chi connectivity index (χ1n) is 6.79. The van der Waals surface area contributed by atoms with Gasteiger partial charge in [-0.3, -0.25) is 0 Å². The van der Waals surface area contributed by atoms with Crippen LogP contribution in [-0.4, -0.2) is 37.1 Å². The van der Waals surface area contributed by atoms with Crippen LogP contribution in [0.3, 0.4) is 0 Å². The summed E-state index contributed by atoms with van der Waals surface area (Å²) in [5.41, 5.74) is 3.61. The number of ether oxygens (including phenoxy) is 1. The molecule has 0 aliphatic rings. The van der Waals surface area contributed by atoms with E-state index in [2.05, 4.69) is 24.9 Å². The molecule has 20 heavy (non-hydrogen) atoms. The molecule has 0 aromatic rings. The zero-order valence-corrected chi connectivity index (χ0v) is 12.6. The Morgan fingerprint density at radius 3 is 2.30 bits per heavy atom. The Morgan fingerprint density at radius 1 is 1.35 bits per heavy atom. The lowest BCUT2D eigenvalue weighted by Crippen LogP contribution is -2.33. The van der Waals surface area contributed by atoms with Gasteiger partial charge in [-0.05, 0) is 12.8 Å². The number of carbonyl (C=O) groups is 2. The molecule has 0 aliphatic carbocycles. The summed E-state index contributed by atoms with van der Waals surface area (Å²) >= 11 is 0. The standard InChI is InChI=1S/C12H25NO3.CH3NO2/c1-4-6-8-13-11(15)16-10-12(3,9-14)7-5-2;2-1(3)4/h14H,4-10H2,1-3H3,(H,13,15);2H2,(H,3,4)/p-1. The second-order valence-corrected chi connectivity index (χ2v) is 4.89. The van der Waals surface area contributed by atoms with E-state index < -0.39 is 6.09 Å². The highest BCUT2D eigenvalue weighted by atomic mass is 16.5. The van der Waals surface area contributed by atoms with E-state index in [1.54, 1.807) is 0 Å². The van der Waals surface area contributed by atoms with Crippen LogP contribution in [0, 0.1) is 5.41 Å². The van der Waals surface area contributed by atoms with Crippen molar-refractivity contribution in [2.75, 3.05) is 19.8 Å². The monoisotopic (exact) mass is 291 g/mol. The van der Waals surface area contributed by atoms with Crippen molar-refractivity contribution in [1.82, 2.24) is 5.32 Å². The molecular formula is C13H27N2O5-. The molecule has 4 N–H and O–H groups in total. The molecule has 1 atom stereocenters. The quantitative estimate of drug-likeness (QED) is 0.565. The van der Waals surface area contributed by atoms with E-state index in [0.717, 1.165) is 25.7 Å². The molecule has 0 aromatic heterocycles. The van der Waals surface area contributed by atoms with Crippen molar-refractivity contribution in [2.24, 2.45) is 11.1 Å². The maximum Gasteiger partial charge on any atom is 0.407 e. The minimum Gasteiger partial charge on any atom is -0.530 e. The van der Waals surface area contributed by atoms with Crippen molar-refractivity contribution in [2.45, 2.75) is 46.5 Å². The van der Waals surface area contributed by atoms with Gasteiger partial charge in [0.25, 0.3) is 0 Å². The van der Waals surface area contributed by atoms with Gasteiger partial charge >= 0.3 is 6.09 Å². The number of nitrogens with one attached hydrogen (secondary N) is 1. The number of unbranched alkanes of at least 4 members (excludes halogenated alkanes) is 1. The maximum atomic E-state index is 11.3. The molecule has 0 spiro atoms. The summed E-state index contributed by atoms with van der Waals surface area (Å²) in [7, 11) is 0. The summed E-state index contributed by atoms with van der Waals surface area (Å²) in [6, 6.07) is 0. The number of aliphatic hydroxyl groups is 1. The molecule has 7 heteroatoms. The average Bonchev–Trinajstić information content (AvgIpc) is 2.36. The van der Waals surface area contributed by atoms with Crippen molar-refractivity contribution in [3.8, 4) is 0 Å². The minimum absolute atomic E-state index is 0.0447. The number of nitrogens with two attached hydrogens (primary N) is 1. The Bertz CT molecular complexity index is 269.